The highest BCUT2D eigenvalue weighted by atomic mass is 16.5. The van der Waals surface area contributed by atoms with Gasteiger partial charge in [0.05, 0.1) is 25.3 Å². The van der Waals surface area contributed by atoms with Gasteiger partial charge in [-0.15, -0.1) is 10.2 Å². The maximum atomic E-state index is 11.6. The average Bonchev–Trinajstić information content (AvgIpc) is 2.81. The second-order valence-corrected chi connectivity index (χ2v) is 4.23. The van der Waals surface area contributed by atoms with Crippen LogP contribution in [0.15, 0.2) is 17.1 Å². The number of aryl methyl sites for hydroxylation is 1. The first-order valence-corrected chi connectivity index (χ1v) is 6.02. The first kappa shape index (κ1) is 13.0. The van der Waals surface area contributed by atoms with Crippen molar-refractivity contribution in [3.63, 3.8) is 0 Å². The molecule has 0 fully saturated rings. The first-order valence-electron chi connectivity index (χ1n) is 6.02. The summed E-state index contributed by atoms with van der Waals surface area (Å²) < 4.78 is 11.6. The van der Waals surface area contributed by atoms with E-state index in [-0.39, 0.29) is 11.7 Å². The predicted octanol–water partition coefficient (Wildman–Crippen LogP) is 0.131. The fourth-order valence-electron chi connectivity index (χ4n) is 1.93. The molecule has 9 nitrogen and oxygen atoms in total. The Labute approximate surface area is 118 Å². The molecule has 0 unspecified atom stereocenters. The molecule has 108 valence electrons. The normalized spacial score (nSPS) is 10.8. The number of ether oxygens (including phenoxy) is 2. The lowest BCUT2D eigenvalue weighted by molar-refractivity contribution is 0.353. The summed E-state index contributed by atoms with van der Waals surface area (Å²) >= 11 is 0. The molecular formula is C12H12N6O3. The van der Waals surface area contributed by atoms with Gasteiger partial charge >= 0.3 is 11.7 Å². The van der Waals surface area contributed by atoms with Gasteiger partial charge in [0.1, 0.15) is 5.69 Å². The van der Waals surface area contributed by atoms with Gasteiger partial charge in [0.25, 0.3) is 0 Å². The molecule has 3 aromatic heterocycles. The summed E-state index contributed by atoms with van der Waals surface area (Å²) in [6.07, 6.45) is 1.53. The van der Waals surface area contributed by atoms with Gasteiger partial charge < -0.3 is 9.47 Å². The fraction of sp³-hybridized carbons (Fsp3) is 0.250. The Hall–Kier alpha value is -2.97. The van der Waals surface area contributed by atoms with Crippen LogP contribution in [0.4, 0.5) is 0 Å². The van der Waals surface area contributed by atoms with E-state index < -0.39 is 0 Å². The molecule has 0 aliphatic heterocycles. The molecule has 0 saturated carbocycles. The van der Waals surface area contributed by atoms with Crippen molar-refractivity contribution in [1.29, 1.82) is 0 Å². The van der Waals surface area contributed by atoms with Crippen LogP contribution in [0.5, 0.6) is 11.9 Å². The SMILES string of the molecule is COc1ncc(-c2cc3c(nn2)[nH]c(=O)n3C)c(OC)n1. The standard InChI is InChI=1S/C12H12N6O3/c1-18-8-4-7(16-17-9(8)14-12(18)19)6-5-13-11(21-3)15-10(6)20-2/h4-5H,1-3H3,(H,14,17,19). The molecule has 0 bridgehead atoms. The van der Waals surface area contributed by atoms with Gasteiger partial charge in [-0.1, -0.05) is 0 Å². The first-order chi connectivity index (χ1) is 10.1. The molecule has 3 rings (SSSR count). The van der Waals surface area contributed by atoms with Crippen molar-refractivity contribution in [2.24, 2.45) is 7.05 Å². The third-order valence-electron chi connectivity index (χ3n) is 3.05. The zero-order valence-corrected chi connectivity index (χ0v) is 11.6. The molecule has 0 spiro atoms. The van der Waals surface area contributed by atoms with Gasteiger partial charge in [-0.25, -0.2) is 9.78 Å². The Morgan fingerprint density at radius 3 is 2.76 bits per heavy atom. The van der Waals surface area contributed by atoms with Gasteiger partial charge in [0.2, 0.25) is 5.88 Å². The highest BCUT2D eigenvalue weighted by Crippen LogP contribution is 2.27. The Bertz CT molecular complexity index is 869. The second kappa shape index (κ2) is 4.85. The smallest absolute Gasteiger partial charge is 0.327 e. The summed E-state index contributed by atoms with van der Waals surface area (Å²) in [5.41, 5.74) is 1.84. The molecule has 0 saturated heterocycles. The summed E-state index contributed by atoms with van der Waals surface area (Å²) in [7, 11) is 4.60. The third kappa shape index (κ3) is 2.08. The molecule has 0 aliphatic rings. The topological polar surface area (TPSA) is 108 Å². The lowest BCUT2D eigenvalue weighted by atomic mass is 10.2. The average molecular weight is 288 g/mol. The minimum atomic E-state index is -0.255. The molecule has 0 aliphatic carbocycles. The number of imidazole rings is 1. The number of nitrogens with one attached hydrogen (secondary N) is 1. The van der Waals surface area contributed by atoms with Gasteiger partial charge in [-0.05, 0) is 6.07 Å². The number of fused-ring (bicyclic) bond motifs is 1. The van der Waals surface area contributed by atoms with E-state index in [9.17, 15) is 4.79 Å². The van der Waals surface area contributed by atoms with Crippen molar-refractivity contribution in [3.05, 3.63) is 22.7 Å². The van der Waals surface area contributed by atoms with E-state index >= 15 is 0 Å². The zero-order valence-electron chi connectivity index (χ0n) is 11.6. The minimum Gasteiger partial charge on any atom is -0.480 e. The van der Waals surface area contributed by atoms with Crippen molar-refractivity contribution in [2.45, 2.75) is 0 Å². The third-order valence-corrected chi connectivity index (χ3v) is 3.05. The van der Waals surface area contributed by atoms with Crippen molar-refractivity contribution in [3.8, 4) is 23.1 Å². The molecule has 21 heavy (non-hydrogen) atoms. The molecule has 3 aromatic rings. The Balaban J connectivity index is 2.20. The molecular weight excluding hydrogens is 276 g/mol. The quantitative estimate of drug-likeness (QED) is 0.729. The number of hydrogen-bond donors (Lipinski definition) is 1. The molecule has 3 heterocycles. The lowest BCUT2D eigenvalue weighted by Gasteiger charge is -2.07. The number of methoxy groups -OCH3 is 2. The van der Waals surface area contributed by atoms with E-state index in [1.807, 2.05) is 0 Å². The summed E-state index contributed by atoms with van der Waals surface area (Å²) in [6, 6.07) is 1.91. The highest BCUT2D eigenvalue weighted by molar-refractivity contribution is 5.77. The van der Waals surface area contributed by atoms with Crippen molar-refractivity contribution in [1.82, 2.24) is 29.7 Å². The van der Waals surface area contributed by atoms with Crippen LogP contribution in [0.25, 0.3) is 22.4 Å². The zero-order chi connectivity index (χ0) is 15.0. The maximum Gasteiger partial charge on any atom is 0.327 e. The number of aromatic amines is 1. The molecule has 0 radical (unpaired) electrons. The molecule has 1 N–H and O–H groups in total. The van der Waals surface area contributed by atoms with E-state index in [0.29, 0.717) is 28.3 Å². The summed E-state index contributed by atoms with van der Waals surface area (Å²) in [6.45, 7) is 0. The number of aromatic nitrogens is 6. The highest BCUT2D eigenvalue weighted by Gasteiger charge is 2.14. The number of hydrogen-bond acceptors (Lipinski definition) is 7. The van der Waals surface area contributed by atoms with E-state index in [1.165, 1.54) is 25.0 Å². The van der Waals surface area contributed by atoms with Crippen molar-refractivity contribution in [2.75, 3.05) is 14.2 Å². The fourth-order valence-corrected chi connectivity index (χ4v) is 1.93. The van der Waals surface area contributed by atoms with Crippen LogP contribution in [-0.4, -0.2) is 43.9 Å². The Kier molecular flexibility index (Phi) is 3.01. The van der Waals surface area contributed by atoms with Crippen LogP contribution >= 0.6 is 0 Å². The summed E-state index contributed by atoms with van der Waals surface area (Å²) in [5.74, 6) is 0.316. The summed E-state index contributed by atoms with van der Waals surface area (Å²) in [5, 5.41) is 8.05. The van der Waals surface area contributed by atoms with Crippen LogP contribution < -0.4 is 15.2 Å². The number of rotatable bonds is 3. The second-order valence-electron chi connectivity index (χ2n) is 4.23. The number of nitrogens with zero attached hydrogens (tertiary/aromatic N) is 5. The molecule has 0 atom stereocenters. The minimum absolute atomic E-state index is 0.193. The van der Waals surface area contributed by atoms with Gasteiger partial charge in [-0.2, -0.15) is 4.98 Å². The van der Waals surface area contributed by atoms with Crippen LogP contribution in [0.1, 0.15) is 0 Å². The van der Waals surface area contributed by atoms with Gasteiger partial charge in [0, 0.05) is 13.2 Å². The Morgan fingerprint density at radius 2 is 2.05 bits per heavy atom. The summed E-state index contributed by atoms with van der Waals surface area (Å²) in [4.78, 5) is 22.3. The van der Waals surface area contributed by atoms with Crippen LogP contribution in [0, 0.1) is 0 Å². The predicted molar refractivity (Wildman–Crippen MR) is 73.3 cm³/mol. The van der Waals surface area contributed by atoms with E-state index in [4.69, 9.17) is 9.47 Å². The molecule has 0 amide bonds. The van der Waals surface area contributed by atoms with Crippen molar-refractivity contribution >= 4 is 11.2 Å². The monoisotopic (exact) mass is 288 g/mol. The maximum absolute atomic E-state index is 11.6. The lowest BCUT2D eigenvalue weighted by Crippen LogP contribution is -2.11. The Morgan fingerprint density at radius 1 is 1.24 bits per heavy atom. The van der Waals surface area contributed by atoms with Crippen LogP contribution in [0.3, 0.4) is 0 Å². The number of H-pyrrole nitrogens is 1. The molecule has 9 heteroatoms. The van der Waals surface area contributed by atoms with E-state index in [1.54, 1.807) is 13.1 Å². The van der Waals surface area contributed by atoms with Gasteiger partial charge in [0.15, 0.2) is 5.65 Å². The van der Waals surface area contributed by atoms with Crippen LogP contribution in [0.2, 0.25) is 0 Å². The van der Waals surface area contributed by atoms with Crippen molar-refractivity contribution < 1.29 is 9.47 Å². The molecule has 0 aromatic carbocycles. The van der Waals surface area contributed by atoms with E-state index in [0.717, 1.165) is 0 Å². The van der Waals surface area contributed by atoms with Crippen LogP contribution in [-0.2, 0) is 7.05 Å². The van der Waals surface area contributed by atoms with E-state index in [2.05, 4.69) is 25.1 Å². The largest absolute Gasteiger partial charge is 0.480 e. The van der Waals surface area contributed by atoms with Gasteiger partial charge in [-0.3, -0.25) is 9.55 Å².